The number of amides is 1. The molecule has 2 aromatic rings. The first-order valence-electron chi connectivity index (χ1n) is 10.0. The van der Waals surface area contributed by atoms with E-state index >= 15 is 0 Å². The third-order valence-electron chi connectivity index (χ3n) is 4.57. The van der Waals surface area contributed by atoms with Crippen LogP contribution in [0.4, 0.5) is 0 Å². The molecule has 0 aliphatic heterocycles. The summed E-state index contributed by atoms with van der Waals surface area (Å²) < 4.78 is 43.6. The van der Waals surface area contributed by atoms with Gasteiger partial charge in [0.2, 0.25) is 10.0 Å². The van der Waals surface area contributed by atoms with E-state index in [9.17, 15) is 18.0 Å². The summed E-state index contributed by atoms with van der Waals surface area (Å²) in [6.07, 6.45) is 0. The lowest BCUT2D eigenvalue weighted by atomic mass is 10.0. The predicted molar refractivity (Wildman–Crippen MR) is 120 cm³/mol. The maximum absolute atomic E-state index is 12.7. The van der Waals surface area contributed by atoms with Crippen molar-refractivity contribution in [2.45, 2.75) is 24.8 Å². The second-order valence-corrected chi connectivity index (χ2v) is 8.89. The van der Waals surface area contributed by atoms with Crippen molar-refractivity contribution in [2.75, 3.05) is 27.4 Å². The Balaban J connectivity index is 1.92. The molecule has 2 rings (SSSR count). The van der Waals surface area contributed by atoms with E-state index in [1.54, 1.807) is 19.9 Å². The molecule has 0 spiro atoms. The van der Waals surface area contributed by atoms with E-state index in [1.807, 2.05) is 0 Å². The normalized spacial score (nSPS) is 12.1. The number of rotatable bonds is 11. The quantitative estimate of drug-likeness (QED) is 0.366. The van der Waals surface area contributed by atoms with E-state index in [4.69, 9.17) is 24.1 Å². The zero-order chi connectivity index (χ0) is 24.6. The number of nitrogens with one attached hydrogen (secondary N) is 1. The van der Waals surface area contributed by atoms with Crippen molar-refractivity contribution in [2.24, 2.45) is 11.1 Å². The molecule has 10 nitrogen and oxygen atoms in total. The number of benzene rings is 2. The maximum Gasteiger partial charge on any atom is 0.329 e. The Morgan fingerprint density at radius 1 is 0.939 bits per heavy atom. The number of carbonyl (C=O) groups is 2. The summed E-state index contributed by atoms with van der Waals surface area (Å²) in [5.41, 5.74) is 0.274. The second-order valence-electron chi connectivity index (χ2n) is 7.33. The molecule has 0 aromatic heterocycles. The van der Waals surface area contributed by atoms with E-state index in [0.29, 0.717) is 17.2 Å². The van der Waals surface area contributed by atoms with Gasteiger partial charge in [-0.05, 0) is 42.3 Å². The van der Waals surface area contributed by atoms with Crippen LogP contribution in [-0.2, 0) is 19.6 Å². The molecule has 0 radical (unpaired) electrons. The van der Waals surface area contributed by atoms with Crippen LogP contribution in [0.5, 0.6) is 17.2 Å². The Morgan fingerprint density at radius 3 is 2.00 bits per heavy atom. The highest BCUT2D eigenvalue weighted by atomic mass is 32.2. The average Bonchev–Trinajstić information content (AvgIpc) is 2.79. The summed E-state index contributed by atoms with van der Waals surface area (Å²) in [6.45, 7) is 3.53. The SMILES string of the molecule is COc1cc(OC)cc(C(=O)N[C@H](C(=O)OCCOc2ccc(S(N)(=O)=O)cc2)C(C)C)c1. The van der Waals surface area contributed by atoms with Gasteiger partial charge >= 0.3 is 5.97 Å². The predicted octanol–water partition coefficient (Wildman–Crippen LogP) is 1.73. The summed E-state index contributed by atoms with van der Waals surface area (Å²) >= 11 is 0. The third-order valence-corrected chi connectivity index (χ3v) is 5.50. The van der Waals surface area contributed by atoms with Crippen molar-refractivity contribution in [3.8, 4) is 17.2 Å². The minimum atomic E-state index is -3.79. The lowest BCUT2D eigenvalue weighted by Crippen LogP contribution is -2.45. The van der Waals surface area contributed by atoms with Gasteiger partial charge in [0.05, 0.1) is 19.1 Å². The summed E-state index contributed by atoms with van der Waals surface area (Å²) in [7, 11) is -0.838. The van der Waals surface area contributed by atoms with Gasteiger partial charge < -0.3 is 24.3 Å². The molecule has 0 heterocycles. The van der Waals surface area contributed by atoms with E-state index in [-0.39, 0.29) is 29.6 Å². The highest BCUT2D eigenvalue weighted by Gasteiger charge is 2.26. The first kappa shape index (κ1) is 25.9. The minimum absolute atomic E-state index is 0.0340. The molecule has 0 fully saturated rings. The molecular weight excluding hydrogens is 452 g/mol. The lowest BCUT2D eigenvalue weighted by Gasteiger charge is -2.21. The van der Waals surface area contributed by atoms with E-state index in [1.165, 1.54) is 50.6 Å². The Bertz CT molecular complexity index is 1050. The van der Waals surface area contributed by atoms with Crippen LogP contribution in [0.1, 0.15) is 24.2 Å². The summed E-state index contributed by atoms with van der Waals surface area (Å²) in [4.78, 5) is 25.2. The molecule has 0 saturated heterocycles. The van der Waals surface area contributed by atoms with Gasteiger partial charge in [-0.25, -0.2) is 18.4 Å². The number of nitrogens with two attached hydrogens (primary N) is 1. The van der Waals surface area contributed by atoms with Gasteiger partial charge in [-0.2, -0.15) is 0 Å². The van der Waals surface area contributed by atoms with Crippen molar-refractivity contribution in [1.29, 1.82) is 0 Å². The molecule has 0 saturated carbocycles. The molecular formula is C22H28N2O8S. The highest BCUT2D eigenvalue weighted by Crippen LogP contribution is 2.23. The van der Waals surface area contributed by atoms with Crippen molar-refractivity contribution >= 4 is 21.9 Å². The van der Waals surface area contributed by atoms with Crippen molar-refractivity contribution in [1.82, 2.24) is 5.32 Å². The van der Waals surface area contributed by atoms with E-state index in [2.05, 4.69) is 5.32 Å². The van der Waals surface area contributed by atoms with Gasteiger partial charge in [0.15, 0.2) is 0 Å². The van der Waals surface area contributed by atoms with Gasteiger partial charge in [0, 0.05) is 11.6 Å². The molecule has 0 aliphatic rings. The number of hydrogen-bond donors (Lipinski definition) is 2. The van der Waals surface area contributed by atoms with Crippen LogP contribution in [0.25, 0.3) is 0 Å². The van der Waals surface area contributed by atoms with Crippen LogP contribution in [0.3, 0.4) is 0 Å². The number of hydrogen-bond acceptors (Lipinski definition) is 8. The smallest absolute Gasteiger partial charge is 0.329 e. The number of methoxy groups -OCH3 is 2. The molecule has 3 N–H and O–H groups in total. The second kappa shape index (κ2) is 11.5. The van der Waals surface area contributed by atoms with Crippen LogP contribution in [0.15, 0.2) is 47.4 Å². The molecule has 11 heteroatoms. The third kappa shape index (κ3) is 7.65. The van der Waals surface area contributed by atoms with Crippen molar-refractivity contribution in [3.05, 3.63) is 48.0 Å². The number of esters is 1. The van der Waals surface area contributed by atoms with Crippen LogP contribution in [0, 0.1) is 5.92 Å². The molecule has 0 bridgehead atoms. The van der Waals surface area contributed by atoms with Crippen molar-refractivity contribution < 1.29 is 37.0 Å². The fraction of sp³-hybridized carbons (Fsp3) is 0.364. The van der Waals surface area contributed by atoms with E-state index < -0.39 is 27.9 Å². The molecule has 0 unspecified atom stereocenters. The van der Waals surface area contributed by atoms with Gasteiger partial charge in [0.25, 0.3) is 5.91 Å². The molecule has 2 aromatic carbocycles. The molecule has 33 heavy (non-hydrogen) atoms. The van der Waals surface area contributed by atoms with Gasteiger partial charge in [-0.3, -0.25) is 4.79 Å². The van der Waals surface area contributed by atoms with Crippen LogP contribution in [0.2, 0.25) is 0 Å². The van der Waals surface area contributed by atoms with Crippen LogP contribution < -0.4 is 24.7 Å². The maximum atomic E-state index is 12.7. The molecule has 180 valence electrons. The number of ether oxygens (including phenoxy) is 4. The Morgan fingerprint density at radius 2 is 1.52 bits per heavy atom. The highest BCUT2D eigenvalue weighted by molar-refractivity contribution is 7.89. The van der Waals surface area contributed by atoms with Gasteiger partial charge in [-0.1, -0.05) is 13.8 Å². The Labute approximate surface area is 193 Å². The first-order chi connectivity index (χ1) is 15.5. The molecule has 0 aliphatic carbocycles. The standard InChI is InChI=1S/C22H28N2O8S/c1-14(2)20(24-21(25)15-11-17(29-3)13-18(12-15)30-4)22(26)32-10-9-31-16-5-7-19(8-6-16)33(23,27)28/h5-8,11-14,20H,9-10H2,1-4H3,(H,24,25)(H2,23,27,28)/t20-/m0/s1. The Kier molecular flexibility index (Phi) is 9.06. The summed E-state index contributed by atoms with van der Waals surface area (Å²) in [6, 6.07) is 9.34. The van der Waals surface area contributed by atoms with Crippen LogP contribution >= 0.6 is 0 Å². The van der Waals surface area contributed by atoms with Crippen LogP contribution in [-0.4, -0.2) is 53.8 Å². The fourth-order valence-electron chi connectivity index (χ4n) is 2.78. The average molecular weight is 481 g/mol. The zero-order valence-electron chi connectivity index (χ0n) is 18.9. The zero-order valence-corrected chi connectivity index (χ0v) is 19.7. The van der Waals surface area contributed by atoms with Crippen molar-refractivity contribution in [3.63, 3.8) is 0 Å². The largest absolute Gasteiger partial charge is 0.497 e. The Hall–Kier alpha value is -3.31. The lowest BCUT2D eigenvalue weighted by molar-refractivity contribution is -0.147. The minimum Gasteiger partial charge on any atom is -0.497 e. The number of carbonyl (C=O) groups excluding carboxylic acids is 2. The summed E-state index contributed by atoms with van der Waals surface area (Å²) in [5.74, 6) is -0.0509. The number of primary sulfonamides is 1. The molecule has 1 atom stereocenters. The summed E-state index contributed by atoms with van der Waals surface area (Å²) in [5, 5.41) is 7.73. The topological polar surface area (TPSA) is 143 Å². The molecule has 1 amide bonds. The van der Waals surface area contributed by atoms with Gasteiger partial charge in [0.1, 0.15) is 36.5 Å². The van der Waals surface area contributed by atoms with E-state index in [0.717, 1.165) is 0 Å². The van der Waals surface area contributed by atoms with Gasteiger partial charge in [-0.15, -0.1) is 0 Å². The fourth-order valence-corrected chi connectivity index (χ4v) is 3.29. The first-order valence-corrected chi connectivity index (χ1v) is 11.6. The number of sulfonamides is 1. The monoisotopic (exact) mass is 480 g/mol.